The van der Waals surface area contributed by atoms with E-state index in [1.54, 1.807) is 36.4 Å². The van der Waals surface area contributed by atoms with Gasteiger partial charge in [-0.3, -0.25) is 4.57 Å². The average molecular weight is 411 g/mol. The molecule has 3 N–H and O–H groups in total. The lowest BCUT2D eigenvalue weighted by atomic mass is 9.83. The maximum absolute atomic E-state index is 13.2. The van der Waals surface area contributed by atoms with Gasteiger partial charge in [0.05, 0.1) is 6.16 Å². The molecule has 3 rings (SSSR count). The van der Waals surface area contributed by atoms with Crippen LogP contribution in [0.4, 0.5) is 0 Å². The summed E-state index contributed by atoms with van der Waals surface area (Å²) in [7, 11) is -4.00. The van der Waals surface area contributed by atoms with Crippen molar-refractivity contribution in [1.29, 1.82) is 0 Å². The molecule has 6 heteroatoms. The molecule has 0 fully saturated rings. The summed E-state index contributed by atoms with van der Waals surface area (Å²) in [6.45, 7) is 1.97. The lowest BCUT2D eigenvalue weighted by Gasteiger charge is -2.34. The van der Waals surface area contributed by atoms with E-state index in [1.807, 2.05) is 43.3 Å². The Morgan fingerprint density at radius 3 is 2.34 bits per heavy atom. The van der Waals surface area contributed by atoms with Crippen LogP contribution in [0.25, 0.3) is 10.8 Å². The van der Waals surface area contributed by atoms with Gasteiger partial charge < -0.3 is 10.00 Å². The highest BCUT2D eigenvalue weighted by Crippen LogP contribution is 2.47. The molecule has 0 aromatic heterocycles. The van der Waals surface area contributed by atoms with Gasteiger partial charge >= 0.3 is 5.97 Å². The number of carboxylic acids is 1. The number of fused-ring (bicyclic) bond motifs is 1. The maximum Gasteiger partial charge on any atom is 0.329 e. The van der Waals surface area contributed by atoms with E-state index in [9.17, 15) is 19.4 Å². The number of hydrogen-bond donors (Lipinski definition) is 3. The molecule has 2 unspecified atom stereocenters. The van der Waals surface area contributed by atoms with Gasteiger partial charge in [0, 0.05) is 0 Å². The number of nitrogens with one attached hydrogen (secondary N) is 1. The largest absolute Gasteiger partial charge is 0.480 e. The second-order valence-corrected chi connectivity index (χ2v) is 9.24. The topological polar surface area (TPSA) is 86.6 Å². The molecular formula is C23H26NO4P. The Kier molecular flexibility index (Phi) is 6.53. The van der Waals surface area contributed by atoms with Crippen LogP contribution in [-0.2, 0) is 21.1 Å². The molecule has 3 aromatic rings. The molecule has 0 heterocycles. The fraction of sp³-hybridized carbons (Fsp3) is 0.261. The minimum Gasteiger partial charge on any atom is -0.480 e. The molecule has 0 spiro atoms. The van der Waals surface area contributed by atoms with E-state index in [0.717, 1.165) is 17.2 Å². The minimum absolute atomic E-state index is 0.139. The van der Waals surface area contributed by atoms with Crippen LogP contribution in [0.1, 0.15) is 37.3 Å². The molecule has 0 saturated heterocycles. The first-order chi connectivity index (χ1) is 13.9. The Labute approximate surface area is 170 Å². The van der Waals surface area contributed by atoms with E-state index in [-0.39, 0.29) is 12.6 Å². The summed E-state index contributed by atoms with van der Waals surface area (Å²) in [4.78, 5) is 23.4. The van der Waals surface area contributed by atoms with Crippen molar-refractivity contribution in [3.63, 3.8) is 0 Å². The van der Waals surface area contributed by atoms with Crippen molar-refractivity contribution in [2.75, 3.05) is 0 Å². The van der Waals surface area contributed by atoms with Crippen LogP contribution in [0.5, 0.6) is 0 Å². The highest BCUT2D eigenvalue weighted by molar-refractivity contribution is 7.55. The third kappa shape index (κ3) is 4.76. The quantitative estimate of drug-likeness (QED) is 0.417. The first kappa shape index (κ1) is 21.3. The zero-order valence-electron chi connectivity index (χ0n) is 16.4. The van der Waals surface area contributed by atoms with Crippen LogP contribution < -0.4 is 5.09 Å². The standard InChI is InChI=1S/C23H26NO4P/c1-2-3-16-23(22(25)26,21-15-9-13-19-12-7-8-14-20(19)21)24-29(27,28)17-18-10-5-4-6-11-18/h4-15H,2-3,16-17H2,1H3,(H,25,26)(H2,24,27,28). The van der Waals surface area contributed by atoms with Gasteiger partial charge in [-0.2, -0.15) is 0 Å². The number of carboxylic acid groups (broad SMARTS) is 1. The average Bonchev–Trinajstić information content (AvgIpc) is 2.71. The molecule has 29 heavy (non-hydrogen) atoms. The Morgan fingerprint density at radius 2 is 1.66 bits per heavy atom. The summed E-state index contributed by atoms with van der Waals surface area (Å²) in [6, 6.07) is 21.9. The molecule has 0 saturated carbocycles. The normalized spacial score (nSPS) is 15.5. The third-order valence-electron chi connectivity index (χ3n) is 5.13. The van der Waals surface area contributed by atoms with Gasteiger partial charge in [-0.15, -0.1) is 0 Å². The van der Waals surface area contributed by atoms with Crippen LogP contribution in [-0.4, -0.2) is 16.0 Å². The zero-order valence-corrected chi connectivity index (χ0v) is 17.3. The maximum atomic E-state index is 13.2. The molecule has 5 nitrogen and oxygen atoms in total. The van der Waals surface area contributed by atoms with Crippen molar-refractivity contribution in [1.82, 2.24) is 5.09 Å². The smallest absolute Gasteiger partial charge is 0.329 e. The summed E-state index contributed by atoms with van der Waals surface area (Å²) >= 11 is 0. The Balaban J connectivity index is 2.10. The van der Waals surface area contributed by atoms with E-state index in [0.29, 0.717) is 17.5 Å². The molecule has 152 valence electrons. The zero-order chi connectivity index (χ0) is 20.9. The van der Waals surface area contributed by atoms with Crippen molar-refractivity contribution in [2.24, 2.45) is 0 Å². The lowest BCUT2D eigenvalue weighted by Crippen LogP contribution is -2.48. The fourth-order valence-corrected chi connectivity index (χ4v) is 5.44. The molecule has 3 aromatic carbocycles. The predicted octanol–water partition coefficient (Wildman–Crippen LogP) is 5.29. The van der Waals surface area contributed by atoms with Gasteiger partial charge in [0.1, 0.15) is 5.54 Å². The number of unbranched alkanes of at least 4 members (excludes halogenated alkanes) is 1. The summed E-state index contributed by atoms with van der Waals surface area (Å²) in [5.74, 6) is -1.15. The number of benzene rings is 3. The van der Waals surface area contributed by atoms with Crippen LogP contribution in [0.3, 0.4) is 0 Å². The van der Waals surface area contributed by atoms with E-state index in [2.05, 4.69) is 5.09 Å². The summed E-state index contributed by atoms with van der Waals surface area (Å²) in [5, 5.41) is 14.7. The number of hydrogen-bond acceptors (Lipinski definition) is 2. The molecule has 0 aliphatic rings. The van der Waals surface area contributed by atoms with Crippen LogP contribution in [0, 0.1) is 0 Å². The summed E-state index contributed by atoms with van der Waals surface area (Å²) in [5.41, 5.74) is -0.465. The second kappa shape index (κ2) is 8.91. The van der Waals surface area contributed by atoms with Crippen molar-refractivity contribution >= 4 is 24.3 Å². The van der Waals surface area contributed by atoms with Crippen LogP contribution in [0.15, 0.2) is 72.8 Å². The summed E-state index contributed by atoms with van der Waals surface area (Å²) < 4.78 is 13.2. The van der Waals surface area contributed by atoms with Crippen molar-refractivity contribution in [3.05, 3.63) is 83.9 Å². The van der Waals surface area contributed by atoms with Gasteiger partial charge in [-0.1, -0.05) is 92.6 Å². The second-order valence-electron chi connectivity index (χ2n) is 7.30. The van der Waals surface area contributed by atoms with E-state index in [4.69, 9.17) is 0 Å². The minimum atomic E-state index is -4.00. The first-order valence-corrected chi connectivity index (χ1v) is 11.6. The van der Waals surface area contributed by atoms with Crippen molar-refractivity contribution in [3.8, 4) is 0 Å². The fourth-order valence-electron chi connectivity index (χ4n) is 3.73. The van der Waals surface area contributed by atoms with E-state index < -0.39 is 19.0 Å². The SMILES string of the molecule is CCCCC(NP(=O)(O)Cc1ccccc1)(C(=O)O)c1cccc2ccccc12. The van der Waals surface area contributed by atoms with Gasteiger partial charge in [0.25, 0.3) is 7.52 Å². The van der Waals surface area contributed by atoms with Gasteiger partial charge in [0.15, 0.2) is 0 Å². The predicted molar refractivity (Wildman–Crippen MR) is 116 cm³/mol. The van der Waals surface area contributed by atoms with Crippen molar-refractivity contribution < 1.29 is 19.4 Å². The molecule has 0 amide bonds. The molecule has 0 bridgehead atoms. The number of rotatable bonds is 9. The monoisotopic (exact) mass is 411 g/mol. The number of carbonyl (C=O) groups is 1. The third-order valence-corrected chi connectivity index (χ3v) is 6.65. The first-order valence-electron chi connectivity index (χ1n) is 9.75. The van der Waals surface area contributed by atoms with Gasteiger partial charge in [-0.05, 0) is 28.3 Å². The molecule has 0 aliphatic heterocycles. The number of aliphatic carboxylic acids is 1. The Morgan fingerprint density at radius 1 is 1.00 bits per heavy atom. The lowest BCUT2D eigenvalue weighted by molar-refractivity contribution is -0.145. The molecule has 2 atom stereocenters. The highest BCUT2D eigenvalue weighted by Gasteiger charge is 2.45. The van der Waals surface area contributed by atoms with Gasteiger partial charge in [0.2, 0.25) is 0 Å². The highest BCUT2D eigenvalue weighted by atomic mass is 31.2. The molecule has 0 aliphatic carbocycles. The van der Waals surface area contributed by atoms with Crippen LogP contribution >= 0.6 is 7.52 Å². The van der Waals surface area contributed by atoms with E-state index >= 15 is 0 Å². The van der Waals surface area contributed by atoms with Gasteiger partial charge in [-0.25, -0.2) is 9.88 Å². The molecular weight excluding hydrogens is 385 g/mol. The molecule has 0 radical (unpaired) electrons. The Bertz CT molecular complexity index is 1030. The Hall–Kier alpha value is -2.46. The van der Waals surface area contributed by atoms with Crippen molar-refractivity contribution in [2.45, 2.75) is 37.9 Å². The van der Waals surface area contributed by atoms with E-state index in [1.165, 1.54) is 0 Å². The summed E-state index contributed by atoms with van der Waals surface area (Å²) in [6.07, 6.45) is 1.45. The van der Waals surface area contributed by atoms with Crippen LogP contribution in [0.2, 0.25) is 0 Å².